The van der Waals surface area contributed by atoms with Crippen LogP contribution in [0.25, 0.3) is 21.8 Å². The molecule has 158 valence electrons. The van der Waals surface area contributed by atoms with E-state index in [1.807, 2.05) is 39.6 Å². The second kappa shape index (κ2) is 8.95. The van der Waals surface area contributed by atoms with Crippen LogP contribution in [0.4, 0.5) is 4.39 Å². The summed E-state index contributed by atoms with van der Waals surface area (Å²) in [6, 6.07) is 12.8. The molecule has 0 aliphatic rings. The van der Waals surface area contributed by atoms with Gasteiger partial charge in [-0.3, -0.25) is 4.79 Å². The monoisotopic (exact) mass is 456 g/mol. The van der Waals surface area contributed by atoms with E-state index in [2.05, 4.69) is 25.3 Å². The molecule has 0 N–H and O–H groups in total. The van der Waals surface area contributed by atoms with Gasteiger partial charge in [0, 0.05) is 29.6 Å². The van der Waals surface area contributed by atoms with Crippen LogP contribution in [0.3, 0.4) is 0 Å². The predicted octanol–water partition coefficient (Wildman–Crippen LogP) is 3.21. The van der Waals surface area contributed by atoms with Crippen LogP contribution in [-0.4, -0.2) is 42.0 Å². The first-order chi connectivity index (χ1) is 14.9. The van der Waals surface area contributed by atoms with E-state index in [0.717, 1.165) is 10.6 Å². The third-order valence-corrected chi connectivity index (χ3v) is 5.17. The number of hydrogen-bond acceptors (Lipinski definition) is 8. The van der Waals surface area contributed by atoms with E-state index in [1.54, 1.807) is 6.07 Å². The first-order valence-corrected chi connectivity index (χ1v) is 10.7. The van der Waals surface area contributed by atoms with Gasteiger partial charge in [0.2, 0.25) is 0 Å². The molecule has 11 heteroatoms. The number of benzene rings is 1. The minimum atomic E-state index is -1.57. The topological polar surface area (TPSA) is 95.7 Å². The molecule has 8 nitrogen and oxygen atoms in total. The third-order valence-electron chi connectivity index (χ3n) is 4.05. The molecular formula is C20H18FN6O2PS. The summed E-state index contributed by atoms with van der Waals surface area (Å²) in [7, 11) is 2.05. The van der Waals surface area contributed by atoms with E-state index in [1.165, 1.54) is 41.4 Å². The maximum Gasteiger partial charge on any atom is 0.316 e. The van der Waals surface area contributed by atoms with Gasteiger partial charge in [-0.05, 0) is 13.0 Å². The Bertz CT molecular complexity index is 1220. The minimum absolute atomic E-state index is 0.0608. The Balaban J connectivity index is 1.51. The minimum Gasteiger partial charge on any atom is -0.460 e. The van der Waals surface area contributed by atoms with Gasteiger partial charge in [-0.25, -0.2) is 19.0 Å². The highest BCUT2D eigenvalue weighted by Crippen LogP contribution is 2.23. The van der Waals surface area contributed by atoms with Crippen molar-refractivity contribution in [2.75, 3.05) is 6.61 Å². The van der Waals surface area contributed by atoms with Gasteiger partial charge in [-0.15, -0.1) is 10.2 Å². The summed E-state index contributed by atoms with van der Waals surface area (Å²) in [5.41, 5.74) is 1.82. The van der Waals surface area contributed by atoms with E-state index in [4.69, 9.17) is 4.74 Å². The molecule has 0 saturated carbocycles. The van der Waals surface area contributed by atoms with Gasteiger partial charge in [0.1, 0.15) is 16.6 Å². The lowest BCUT2D eigenvalue weighted by Gasteiger charge is -2.13. The number of hydrogen-bond donors (Lipinski definition) is 0. The predicted molar refractivity (Wildman–Crippen MR) is 119 cm³/mol. The summed E-state index contributed by atoms with van der Waals surface area (Å²) >= 11 is 1.41. The number of ether oxygens (including phenoxy) is 1. The van der Waals surface area contributed by atoms with E-state index >= 15 is 0 Å². The fraction of sp³-hybridized carbons (Fsp3) is 0.200. The van der Waals surface area contributed by atoms with Crippen molar-refractivity contribution in [3.05, 3.63) is 70.2 Å². The Morgan fingerprint density at radius 2 is 1.84 bits per heavy atom. The lowest BCUT2D eigenvalue weighted by Crippen LogP contribution is -2.22. The zero-order valence-corrected chi connectivity index (χ0v) is 18.4. The molecule has 0 bridgehead atoms. The lowest BCUT2D eigenvalue weighted by molar-refractivity contribution is 0.172. The summed E-state index contributed by atoms with van der Waals surface area (Å²) in [5.74, 6) is 0. The van der Waals surface area contributed by atoms with Crippen molar-refractivity contribution in [3.63, 3.8) is 0 Å². The van der Waals surface area contributed by atoms with Gasteiger partial charge < -0.3 is 4.74 Å². The van der Waals surface area contributed by atoms with Crippen LogP contribution >= 0.6 is 20.6 Å². The zero-order valence-electron chi connectivity index (χ0n) is 16.5. The van der Waals surface area contributed by atoms with E-state index < -0.39 is 5.41 Å². The Labute approximate surface area is 183 Å². The quantitative estimate of drug-likeness (QED) is 0.394. The van der Waals surface area contributed by atoms with Gasteiger partial charge in [0.15, 0.2) is 5.41 Å². The zero-order chi connectivity index (χ0) is 21.8. The van der Waals surface area contributed by atoms with Gasteiger partial charge in [0.25, 0.3) is 5.56 Å². The summed E-state index contributed by atoms with van der Waals surface area (Å²) < 4.78 is 20.0. The largest absolute Gasteiger partial charge is 0.460 e. The normalized spacial score (nSPS) is 13.0. The summed E-state index contributed by atoms with van der Waals surface area (Å²) in [4.78, 5) is 20.4. The molecule has 0 aliphatic carbocycles. The summed E-state index contributed by atoms with van der Waals surface area (Å²) in [6.07, 6.45) is 3.02. The number of rotatable bonds is 7. The van der Waals surface area contributed by atoms with Crippen molar-refractivity contribution in [2.24, 2.45) is 0 Å². The van der Waals surface area contributed by atoms with E-state index in [-0.39, 0.29) is 24.7 Å². The first kappa shape index (κ1) is 21.1. The fourth-order valence-corrected chi connectivity index (χ4v) is 3.50. The van der Waals surface area contributed by atoms with Gasteiger partial charge in [0.05, 0.1) is 12.2 Å². The van der Waals surface area contributed by atoms with Crippen LogP contribution in [0.1, 0.15) is 11.9 Å². The third kappa shape index (κ3) is 5.53. The van der Waals surface area contributed by atoms with Gasteiger partial charge >= 0.3 is 6.01 Å². The van der Waals surface area contributed by atoms with Crippen molar-refractivity contribution in [1.29, 1.82) is 0 Å². The van der Waals surface area contributed by atoms with Crippen LogP contribution < -0.4 is 10.3 Å². The van der Waals surface area contributed by atoms with Crippen molar-refractivity contribution >= 4 is 20.6 Å². The molecule has 0 aliphatic heterocycles. The van der Waals surface area contributed by atoms with Crippen LogP contribution in [0, 0.1) is 0 Å². The number of alkyl halides is 1. The molecule has 0 spiro atoms. The second-order valence-electron chi connectivity index (χ2n) is 6.90. The number of aromatic nitrogens is 6. The molecular weight excluding hydrogens is 438 g/mol. The lowest BCUT2D eigenvalue weighted by atomic mass is 10.2. The Kier molecular flexibility index (Phi) is 6.11. The maximum atomic E-state index is 13.5. The highest BCUT2D eigenvalue weighted by molar-refractivity contribution is 7.18. The summed E-state index contributed by atoms with van der Waals surface area (Å²) in [5, 5.41) is 12.6. The van der Waals surface area contributed by atoms with E-state index in [0.29, 0.717) is 16.3 Å². The Morgan fingerprint density at radius 3 is 2.55 bits per heavy atom. The highest BCUT2D eigenvalue weighted by Gasteiger charge is 2.17. The standard InChI is InChI=1S/C20H18FN6O2PS/c1-20(21,30)12-29-19-22-9-14(10-23-19)15-7-8-17(28)27(26-15)11-16-24-25-18(31-16)13-5-3-2-4-6-13/h2-10H,11-12,30H2,1H3. The highest BCUT2D eigenvalue weighted by atomic mass is 32.1. The fourth-order valence-electron chi connectivity index (χ4n) is 2.59. The molecule has 0 saturated heterocycles. The molecule has 0 radical (unpaired) electrons. The molecule has 2 unspecified atom stereocenters. The van der Waals surface area contributed by atoms with Crippen LogP contribution in [0.15, 0.2) is 59.7 Å². The average Bonchev–Trinajstić information content (AvgIpc) is 3.23. The van der Waals surface area contributed by atoms with Crippen molar-refractivity contribution in [1.82, 2.24) is 29.9 Å². The molecule has 2 atom stereocenters. The van der Waals surface area contributed by atoms with Gasteiger partial charge in [-0.1, -0.05) is 50.9 Å². The maximum absolute atomic E-state index is 13.5. The van der Waals surface area contributed by atoms with Crippen molar-refractivity contribution in [2.45, 2.75) is 18.9 Å². The molecule has 3 heterocycles. The van der Waals surface area contributed by atoms with Crippen LogP contribution in [-0.2, 0) is 6.54 Å². The molecule has 3 aromatic heterocycles. The smallest absolute Gasteiger partial charge is 0.316 e. The van der Waals surface area contributed by atoms with Gasteiger partial charge in [-0.2, -0.15) is 5.10 Å². The Hall–Kier alpha value is -3.10. The molecule has 4 aromatic rings. The Morgan fingerprint density at radius 1 is 1.10 bits per heavy atom. The summed E-state index contributed by atoms with van der Waals surface area (Å²) in [6.45, 7) is 1.38. The number of halogens is 1. The first-order valence-electron chi connectivity index (χ1n) is 9.26. The molecule has 31 heavy (non-hydrogen) atoms. The van der Waals surface area contributed by atoms with Crippen LogP contribution in [0.5, 0.6) is 6.01 Å². The van der Waals surface area contributed by atoms with Crippen LogP contribution in [0.2, 0.25) is 0 Å². The molecule has 0 fully saturated rings. The molecule has 1 aromatic carbocycles. The van der Waals surface area contributed by atoms with Crippen molar-refractivity contribution < 1.29 is 9.13 Å². The number of nitrogens with zero attached hydrogens (tertiary/aromatic N) is 6. The van der Waals surface area contributed by atoms with E-state index in [9.17, 15) is 9.18 Å². The second-order valence-corrected chi connectivity index (χ2v) is 9.17. The average molecular weight is 456 g/mol. The van der Waals surface area contributed by atoms with Crippen molar-refractivity contribution in [3.8, 4) is 27.8 Å². The SMILES string of the molecule is CC(F)(P)COc1ncc(-c2ccc(=O)n(Cc3nnc(-c4ccccc4)s3)n2)cn1. The molecule has 0 amide bonds. The molecule has 4 rings (SSSR count).